The molecular weight excluding hydrogens is 315 g/mol. The summed E-state index contributed by atoms with van der Waals surface area (Å²) in [6.45, 7) is 0. The predicted octanol–water partition coefficient (Wildman–Crippen LogP) is 3.29. The molecule has 0 fully saturated rings. The number of rotatable bonds is 7. The molecule has 0 heterocycles. The van der Waals surface area contributed by atoms with Crippen molar-refractivity contribution in [1.82, 2.24) is 0 Å². The Hall–Kier alpha value is -2.76. The van der Waals surface area contributed by atoms with Gasteiger partial charge < -0.3 is 18.9 Å². The Morgan fingerprint density at radius 1 is 0.875 bits per heavy atom. The number of hydrogen-bond donors (Lipinski definition) is 0. The molecule has 0 saturated carbocycles. The lowest BCUT2D eigenvalue weighted by Gasteiger charge is -2.14. The van der Waals surface area contributed by atoms with Crippen molar-refractivity contribution in [3.05, 3.63) is 47.3 Å². The van der Waals surface area contributed by atoms with E-state index in [1.165, 1.54) is 46.6 Å². The van der Waals surface area contributed by atoms with Gasteiger partial charge in [-0.1, -0.05) is 0 Å². The summed E-state index contributed by atoms with van der Waals surface area (Å²) in [5.41, 5.74) is 0.938. The molecule has 0 amide bonds. The van der Waals surface area contributed by atoms with Gasteiger partial charge in [0.1, 0.15) is 0 Å². The fourth-order valence-corrected chi connectivity index (χ4v) is 2.36. The van der Waals surface area contributed by atoms with Crippen LogP contribution in [0.2, 0.25) is 0 Å². The molecule has 24 heavy (non-hydrogen) atoms. The summed E-state index contributed by atoms with van der Waals surface area (Å²) < 4.78 is 34.4. The van der Waals surface area contributed by atoms with E-state index in [-0.39, 0.29) is 23.5 Å². The van der Waals surface area contributed by atoms with Gasteiger partial charge in [-0.15, -0.1) is 0 Å². The fourth-order valence-electron chi connectivity index (χ4n) is 2.36. The predicted molar refractivity (Wildman–Crippen MR) is 87.1 cm³/mol. The summed E-state index contributed by atoms with van der Waals surface area (Å²) in [4.78, 5) is 12.4. The van der Waals surface area contributed by atoms with Gasteiger partial charge in [0.2, 0.25) is 5.75 Å². The molecule has 0 bridgehead atoms. The van der Waals surface area contributed by atoms with Crippen molar-refractivity contribution in [2.45, 2.75) is 6.42 Å². The highest BCUT2D eigenvalue weighted by molar-refractivity contribution is 5.97. The van der Waals surface area contributed by atoms with E-state index in [0.29, 0.717) is 22.8 Å². The number of benzene rings is 2. The molecule has 0 aromatic heterocycles. The van der Waals surface area contributed by atoms with Crippen LogP contribution in [0, 0.1) is 5.82 Å². The molecule has 0 unspecified atom stereocenters. The van der Waals surface area contributed by atoms with Crippen LogP contribution in [-0.4, -0.2) is 34.2 Å². The van der Waals surface area contributed by atoms with E-state index in [4.69, 9.17) is 18.9 Å². The summed E-state index contributed by atoms with van der Waals surface area (Å²) >= 11 is 0. The van der Waals surface area contributed by atoms with Gasteiger partial charge in [0.05, 0.1) is 28.4 Å². The van der Waals surface area contributed by atoms with Crippen LogP contribution in [-0.2, 0) is 6.42 Å². The second kappa shape index (κ2) is 7.68. The summed E-state index contributed by atoms with van der Waals surface area (Å²) in [6, 6.07) is 7.51. The fraction of sp³-hybridized carbons (Fsp3) is 0.278. The first-order chi connectivity index (χ1) is 11.5. The Bertz CT molecular complexity index is 717. The second-order valence-corrected chi connectivity index (χ2v) is 4.98. The zero-order valence-electron chi connectivity index (χ0n) is 14.0. The van der Waals surface area contributed by atoms with Crippen LogP contribution in [0.5, 0.6) is 23.0 Å². The molecule has 0 saturated heterocycles. The minimum absolute atomic E-state index is 0.0719. The molecule has 2 aromatic rings. The molecule has 2 rings (SSSR count). The summed E-state index contributed by atoms with van der Waals surface area (Å²) in [7, 11) is 5.88. The molecule has 0 radical (unpaired) electrons. The number of hydrogen-bond acceptors (Lipinski definition) is 5. The van der Waals surface area contributed by atoms with Crippen LogP contribution in [0.3, 0.4) is 0 Å². The van der Waals surface area contributed by atoms with Gasteiger partial charge in [0.25, 0.3) is 0 Å². The van der Waals surface area contributed by atoms with Crippen molar-refractivity contribution in [1.29, 1.82) is 0 Å². The monoisotopic (exact) mass is 334 g/mol. The summed E-state index contributed by atoms with van der Waals surface area (Å²) in [6.07, 6.45) is 0.0719. The third-order valence-electron chi connectivity index (χ3n) is 3.56. The Morgan fingerprint density at radius 3 is 1.92 bits per heavy atom. The topological polar surface area (TPSA) is 54.0 Å². The van der Waals surface area contributed by atoms with E-state index >= 15 is 0 Å². The molecule has 0 atom stereocenters. The largest absolute Gasteiger partial charge is 0.494 e. The van der Waals surface area contributed by atoms with Gasteiger partial charge in [0, 0.05) is 12.0 Å². The second-order valence-electron chi connectivity index (χ2n) is 4.98. The summed E-state index contributed by atoms with van der Waals surface area (Å²) in [5.74, 6) is 0.659. The third kappa shape index (κ3) is 3.59. The van der Waals surface area contributed by atoms with Crippen molar-refractivity contribution in [2.75, 3.05) is 28.4 Å². The molecule has 2 aromatic carbocycles. The maximum atomic E-state index is 13.8. The number of halogens is 1. The van der Waals surface area contributed by atoms with Gasteiger partial charge in [-0.05, 0) is 35.9 Å². The molecular formula is C18H19FO5. The molecule has 0 aliphatic heterocycles. The van der Waals surface area contributed by atoms with Gasteiger partial charge in [0.15, 0.2) is 28.8 Å². The SMILES string of the molecule is COc1ccc(C(=O)Cc2cc(OC)c(OC)c(OC)c2)cc1F. The average Bonchev–Trinajstić information content (AvgIpc) is 2.60. The van der Waals surface area contributed by atoms with Crippen molar-refractivity contribution in [3.8, 4) is 23.0 Å². The van der Waals surface area contributed by atoms with Gasteiger partial charge >= 0.3 is 0 Å². The molecule has 128 valence electrons. The third-order valence-corrected chi connectivity index (χ3v) is 3.56. The first-order valence-electron chi connectivity index (χ1n) is 7.19. The van der Waals surface area contributed by atoms with E-state index in [2.05, 4.69) is 0 Å². The lowest BCUT2D eigenvalue weighted by molar-refractivity contribution is 0.0992. The number of carbonyl (C=O) groups excluding carboxylic acids is 1. The van der Waals surface area contributed by atoms with Gasteiger partial charge in [-0.3, -0.25) is 4.79 Å². The minimum Gasteiger partial charge on any atom is -0.494 e. The number of ketones is 1. The lowest BCUT2D eigenvalue weighted by atomic mass is 10.0. The quantitative estimate of drug-likeness (QED) is 0.727. The number of methoxy groups -OCH3 is 4. The average molecular weight is 334 g/mol. The molecule has 5 nitrogen and oxygen atoms in total. The van der Waals surface area contributed by atoms with Crippen molar-refractivity contribution in [2.24, 2.45) is 0 Å². The zero-order valence-corrected chi connectivity index (χ0v) is 14.0. The first kappa shape index (κ1) is 17.6. The maximum Gasteiger partial charge on any atom is 0.203 e. The maximum absolute atomic E-state index is 13.8. The van der Waals surface area contributed by atoms with Gasteiger partial charge in [-0.25, -0.2) is 4.39 Å². The van der Waals surface area contributed by atoms with Gasteiger partial charge in [-0.2, -0.15) is 0 Å². The normalized spacial score (nSPS) is 10.2. The standard InChI is InChI=1S/C18H19FO5/c1-21-15-6-5-12(10-13(15)19)14(20)7-11-8-16(22-2)18(24-4)17(9-11)23-3/h5-6,8-10H,7H2,1-4H3. The van der Waals surface area contributed by atoms with Crippen molar-refractivity contribution >= 4 is 5.78 Å². The van der Waals surface area contributed by atoms with E-state index in [9.17, 15) is 9.18 Å². The highest BCUT2D eigenvalue weighted by Crippen LogP contribution is 2.38. The lowest BCUT2D eigenvalue weighted by Crippen LogP contribution is -2.06. The van der Waals surface area contributed by atoms with Crippen molar-refractivity contribution in [3.63, 3.8) is 0 Å². The van der Waals surface area contributed by atoms with Crippen LogP contribution in [0.15, 0.2) is 30.3 Å². The zero-order chi connectivity index (χ0) is 17.7. The smallest absolute Gasteiger partial charge is 0.203 e. The Balaban J connectivity index is 2.30. The van der Waals surface area contributed by atoms with E-state index in [0.717, 1.165) is 0 Å². The Morgan fingerprint density at radius 2 is 1.46 bits per heavy atom. The number of Topliss-reactive ketones (excluding diaryl/α,β-unsaturated/α-hetero) is 1. The molecule has 0 aliphatic carbocycles. The van der Waals surface area contributed by atoms with Crippen LogP contribution in [0.25, 0.3) is 0 Å². The highest BCUT2D eigenvalue weighted by Gasteiger charge is 2.16. The number of carbonyl (C=O) groups is 1. The van der Waals surface area contributed by atoms with Crippen LogP contribution in [0.4, 0.5) is 4.39 Å². The molecule has 6 heteroatoms. The highest BCUT2D eigenvalue weighted by atomic mass is 19.1. The molecule has 0 N–H and O–H groups in total. The Labute approximate surface area is 139 Å². The first-order valence-corrected chi connectivity index (χ1v) is 7.19. The minimum atomic E-state index is -0.576. The van der Waals surface area contributed by atoms with E-state index in [1.54, 1.807) is 12.1 Å². The number of ether oxygens (including phenoxy) is 4. The van der Waals surface area contributed by atoms with Crippen LogP contribution in [0.1, 0.15) is 15.9 Å². The Kier molecular flexibility index (Phi) is 5.63. The van der Waals surface area contributed by atoms with Crippen molar-refractivity contribution < 1.29 is 28.1 Å². The van der Waals surface area contributed by atoms with Crippen LogP contribution >= 0.6 is 0 Å². The van der Waals surface area contributed by atoms with E-state index in [1.807, 2.05) is 0 Å². The molecule has 0 spiro atoms. The van der Waals surface area contributed by atoms with E-state index < -0.39 is 5.82 Å². The summed E-state index contributed by atoms with van der Waals surface area (Å²) in [5, 5.41) is 0. The van der Waals surface area contributed by atoms with Crippen LogP contribution < -0.4 is 18.9 Å². The molecule has 0 aliphatic rings.